The Balaban J connectivity index is 1.21. The fourth-order valence-electron chi connectivity index (χ4n) is 8.07. The summed E-state index contributed by atoms with van der Waals surface area (Å²) in [6, 6.07) is 24.2. The molecule has 3 unspecified atom stereocenters. The summed E-state index contributed by atoms with van der Waals surface area (Å²) in [5.74, 6) is 0.314. The Kier molecular flexibility index (Phi) is 12.6. The molecule has 324 valence electrons. The third kappa shape index (κ3) is 9.30. The average Bonchev–Trinajstić information content (AvgIpc) is 4.06. The van der Waals surface area contributed by atoms with Gasteiger partial charge < -0.3 is 47.5 Å². The van der Waals surface area contributed by atoms with Gasteiger partial charge in [-0.3, -0.25) is 9.97 Å². The highest BCUT2D eigenvalue weighted by Crippen LogP contribution is 2.60. The largest absolute Gasteiger partial charge is 0.398 e. The van der Waals surface area contributed by atoms with E-state index in [2.05, 4.69) is 53.8 Å². The van der Waals surface area contributed by atoms with Gasteiger partial charge in [-0.15, -0.1) is 0 Å². The molecule has 0 spiro atoms. The Labute approximate surface area is 356 Å². The zero-order valence-electron chi connectivity index (χ0n) is 35.8. The molecule has 7 rings (SSSR count). The number of hydrogen-bond donors (Lipinski definition) is 6. The van der Waals surface area contributed by atoms with Crippen LogP contribution in [0.3, 0.4) is 0 Å². The van der Waals surface area contributed by atoms with Gasteiger partial charge in [-0.25, -0.2) is 0 Å². The predicted octanol–water partition coefficient (Wildman–Crippen LogP) is 9.73. The van der Waals surface area contributed by atoms with Crippen molar-refractivity contribution in [3.05, 3.63) is 101 Å². The first-order valence-electron chi connectivity index (χ1n) is 21.0. The van der Waals surface area contributed by atoms with Crippen LogP contribution in [0.4, 0.5) is 53.0 Å². The van der Waals surface area contributed by atoms with Crippen LogP contribution in [-0.4, -0.2) is 61.7 Å². The summed E-state index contributed by atoms with van der Waals surface area (Å²) in [5, 5.41) is 10.3. The molecule has 1 aliphatic carbocycles. The number of pyridine rings is 2. The van der Waals surface area contributed by atoms with E-state index in [9.17, 15) is 13.2 Å². The van der Waals surface area contributed by atoms with Crippen LogP contribution < -0.4 is 38.1 Å². The van der Waals surface area contributed by atoms with Crippen molar-refractivity contribution in [2.24, 2.45) is 0 Å². The number of aromatic nitrogens is 2. The number of anilines is 7. The monoisotopic (exact) mass is 837 g/mol. The van der Waals surface area contributed by atoms with Crippen molar-refractivity contribution < 1.29 is 22.6 Å². The lowest BCUT2D eigenvalue weighted by Gasteiger charge is -2.36. The normalized spacial score (nSPS) is 17.2. The fourth-order valence-corrected chi connectivity index (χ4v) is 8.07. The number of ether oxygens (including phenoxy) is 2. The first-order chi connectivity index (χ1) is 29.1. The van der Waals surface area contributed by atoms with Crippen molar-refractivity contribution >= 4 is 39.8 Å². The van der Waals surface area contributed by atoms with E-state index in [4.69, 9.17) is 36.6 Å². The Morgan fingerprint density at radius 3 is 2.25 bits per heavy atom. The van der Waals surface area contributed by atoms with E-state index in [-0.39, 0.29) is 48.8 Å². The molecule has 2 aromatic heterocycles. The molecule has 3 heterocycles. The third-order valence-corrected chi connectivity index (χ3v) is 11.9. The number of nitrogen functional groups attached to an aromatic ring is 3. The number of alkyl halides is 3. The summed E-state index contributed by atoms with van der Waals surface area (Å²) < 4.78 is 55.2. The zero-order chi connectivity index (χ0) is 43.6. The number of nitrogens with one attached hydrogen (secondary N) is 3. The summed E-state index contributed by atoms with van der Waals surface area (Å²) in [7, 11) is 1.66. The number of methoxy groups -OCH3 is 1. The lowest BCUT2D eigenvalue weighted by atomic mass is 9.91. The van der Waals surface area contributed by atoms with Gasteiger partial charge in [-0.05, 0) is 111 Å². The molecule has 3 aromatic carbocycles. The summed E-state index contributed by atoms with van der Waals surface area (Å²) in [6.07, 6.45) is -4.44. The second kappa shape index (κ2) is 17.7. The van der Waals surface area contributed by atoms with E-state index in [0.717, 1.165) is 34.7 Å². The molecule has 61 heavy (non-hydrogen) atoms. The molecule has 2 aliphatic rings. The van der Waals surface area contributed by atoms with Gasteiger partial charge >= 0.3 is 6.18 Å². The molecule has 14 heteroatoms. The quantitative estimate of drug-likeness (QED) is 0.0557. The lowest BCUT2D eigenvalue weighted by molar-refractivity contribution is -0.160. The van der Waals surface area contributed by atoms with Crippen LogP contribution in [0.25, 0.3) is 22.5 Å². The minimum atomic E-state index is -4.44. The van der Waals surface area contributed by atoms with Crippen molar-refractivity contribution in [2.45, 2.75) is 89.6 Å². The first kappa shape index (κ1) is 43.4. The van der Waals surface area contributed by atoms with E-state index in [1.54, 1.807) is 19.2 Å². The highest BCUT2D eigenvalue weighted by molar-refractivity contribution is 5.89. The molecule has 5 aromatic rings. The van der Waals surface area contributed by atoms with Crippen LogP contribution in [0.2, 0.25) is 0 Å². The van der Waals surface area contributed by atoms with E-state index >= 15 is 0 Å². The van der Waals surface area contributed by atoms with Crippen LogP contribution in [0.15, 0.2) is 78.9 Å². The number of hydrogen-bond acceptors (Lipinski definition) is 11. The molecule has 2 fully saturated rings. The number of halogens is 3. The van der Waals surface area contributed by atoms with Crippen molar-refractivity contribution in [3.8, 4) is 22.5 Å². The second-order valence-electron chi connectivity index (χ2n) is 16.8. The molecule has 0 radical (unpaired) electrons. The van der Waals surface area contributed by atoms with Crippen molar-refractivity contribution in [3.63, 3.8) is 0 Å². The van der Waals surface area contributed by atoms with Crippen LogP contribution in [0.5, 0.6) is 0 Å². The standard InChI is InChI=1S/C47H58F3N9O2/c1-27(2)31-13-14-37(51)41(19-31)56-30(5)38-10-8-12-40(58-38)35-20-32(46(15-16-46)47(48,49)50)21-42(44(35)52)54-24-33-9-7-11-39(57-33)36-22-34(59-17-18-61-26-29(59)4)23-43(45(36)53)55-28(3)25-60-6/h7-14,19-23,27-30,54-56H,15-18,24-26,51-53H2,1-6H3. The Bertz CT molecular complexity index is 2350. The van der Waals surface area contributed by atoms with Gasteiger partial charge in [0.2, 0.25) is 0 Å². The van der Waals surface area contributed by atoms with Gasteiger partial charge in [-0.2, -0.15) is 13.2 Å². The molecule has 1 saturated heterocycles. The Morgan fingerprint density at radius 2 is 1.56 bits per heavy atom. The molecule has 0 amide bonds. The Morgan fingerprint density at radius 1 is 0.852 bits per heavy atom. The topological polar surface area (TPSA) is 162 Å². The molecule has 3 atom stereocenters. The molecule has 1 aliphatic heterocycles. The van der Waals surface area contributed by atoms with Crippen molar-refractivity contribution in [1.29, 1.82) is 0 Å². The van der Waals surface area contributed by atoms with E-state index in [1.807, 2.05) is 62.4 Å². The summed E-state index contributed by atoms with van der Waals surface area (Å²) in [4.78, 5) is 12.3. The minimum absolute atomic E-state index is 0.000999. The molecule has 1 saturated carbocycles. The molecule has 11 nitrogen and oxygen atoms in total. The van der Waals surface area contributed by atoms with Gasteiger partial charge in [0.05, 0.1) is 94.7 Å². The molecular formula is C47H58F3N9O2. The lowest BCUT2D eigenvalue weighted by Crippen LogP contribution is -2.43. The van der Waals surface area contributed by atoms with Gasteiger partial charge in [-0.1, -0.05) is 32.0 Å². The van der Waals surface area contributed by atoms with Crippen LogP contribution in [-0.2, 0) is 21.4 Å². The maximum Gasteiger partial charge on any atom is 0.398 e. The zero-order valence-corrected chi connectivity index (χ0v) is 35.8. The van der Waals surface area contributed by atoms with Crippen LogP contribution >= 0.6 is 0 Å². The summed E-state index contributed by atoms with van der Waals surface area (Å²) >= 11 is 0. The van der Waals surface area contributed by atoms with Crippen LogP contribution in [0, 0.1) is 0 Å². The SMILES string of the molecule is COCC(C)Nc1cc(N2CCOCC2C)cc(-c2cccc(CNc3cc(C4(C(F)(F)F)CC4)cc(-c4cccc(C(C)Nc5cc(C(C)C)ccc5N)n4)c3N)n2)c1N. The van der Waals surface area contributed by atoms with E-state index in [0.29, 0.717) is 71.1 Å². The second-order valence-corrected chi connectivity index (χ2v) is 16.8. The number of nitrogens with two attached hydrogens (primary N) is 3. The van der Waals surface area contributed by atoms with Gasteiger partial charge in [0, 0.05) is 42.6 Å². The van der Waals surface area contributed by atoms with Crippen molar-refractivity contribution in [2.75, 3.05) is 71.5 Å². The number of morpholine rings is 1. The van der Waals surface area contributed by atoms with Gasteiger partial charge in [0.1, 0.15) is 0 Å². The smallest absolute Gasteiger partial charge is 0.397 e. The van der Waals surface area contributed by atoms with Gasteiger partial charge in [0.15, 0.2) is 0 Å². The average molecular weight is 838 g/mol. The first-order valence-corrected chi connectivity index (χ1v) is 21.0. The van der Waals surface area contributed by atoms with E-state index in [1.165, 1.54) is 6.07 Å². The van der Waals surface area contributed by atoms with Crippen molar-refractivity contribution in [1.82, 2.24) is 9.97 Å². The maximum absolute atomic E-state index is 14.7. The highest BCUT2D eigenvalue weighted by Gasteiger charge is 2.64. The molecular weight excluding hydrogens is 780 g/mol. The minimum Gasteiger partial charge on any atom is -0.397 e. The summed E-state index contributed by atoms with van der Waals surface area (Å²) in [5.41, 5.74) is 27.4. The Hall–Kier alpha value is -5.73. The molecule has 0 bridgehead atoms. The van der Waals surface area contributed by atoms with E-state index < -0.39 is 11.6 Å². The fraction of sp³-hybridized carbons (Fsp3) is 0.404. The highest BCUT2D eigenvalue weighted by atomic mass is 19.4. The third-order valence-electron chi connectivity index (χ3n) is 11.9. The van der Waals surface area contributed by atoms with Gasteiger partial charge in [0.25, 0.3) is 0 Å². The van der Waals surface area contributed by atoms with Crippen LogP contribution in [0.1, 0.15) is 81.9 Å². The number of nitrogens with zero attached hydrogens (tertiary/aromatic N) is 3. The predicted molar refractivity (Wildman–Crippen MR) is 242 cm³/mol. The maximum atomic E-state index is 14.7. The number of rotatable bonds is 15. The number of benzene rings is 3. The molecule has 9 N–H and O–H groups in total. The summed E-state index contributed by atoms with van der Waals surface area (Å²) in [6.45, 7) is 13.0.